The number of hydrogen-bond donors (Lipinski definition) is 3. The number of unbranched alkanes of at least 4 members (excludes halogenated alkanes) is 11. The summed E-state index contributed by atoms with van der Waals surface area (Å²) in [5.74, 6) is -2.95. The van der Waals surface area contributed by atoms with Crippen molar-refractivity contribution in [2.45, 2.75) is 103 Å². The molecule has 0 fully saturated rings. The van der Waals surface area contributed by atoms with Gasteiger partial charge in [-0.05, 0) is 32.1 Å². The Hall–Kier alpha value is -1.69. The van der Waals surface area contributed by atoms with Crippen LogP contribution in [0.1, 0.15) is 96.8 Å². The maximum atomic E-state index is 11.9. The molecule has 0 saturated carbocycles. The molecule has 28 heavy (non-hydrogen) atoms. The number of carbonyl (C=O) groups excluding carboxylic acids is 1. The average Bonchev–Trinajstić information content (AvgIpc) is 2.64. The Morgan fingerprint density at radius 1 is 0.786 bits per heavy atom. The van der Waals surface area contributed by atoms with E-state index < -0.39 is 30.3 Å². The van der Waals surface area contributed by atoms with Gasteiger partial charge in [0.1, 0.15) is 0 Å². The van der Waals surface area contributed by atoms with E-state index in [4.69, 9.17) is 10.2 Å². The van der Waals surface area contributed by atoms with Gasteiger partial charge in [0.05, 0.1) is 6.54 Å². The van der Waals surface area contributed by atoms with Gasteiger partial charge in [-0.1, -0.05) is 70.4 Å². The number of Topliss-reactive ketones (excluding diaryl/α,β-unsaturated/α-hetero) is 1. The van der Waals surface area contributed by atoms with E-state index in [2.05, 4.69) is 24.4 Å². The highest BCUT2D eigenvalue weighted by Gasteiger charge is 2.25. The van der Waals surface area contributed by atoms with Crippen LogP contribution in [0.25, 0.3) is 0 Å². The molecular formula is C22H39NO5. The molecule has 0 aliphatic carbocycles. The summed E-state index contributed by atoms with van der Waals surface area (Å²) >= 11 is 0. The lowest BCUT2D eigenvalue weighted by Crippen LogP contribution is -2.45. The molecule has 6 nitrogen and oxygen atoms in total. The smallest absolute Gasteiger partial charge is 0.328 e. The molecule has 1 atom stereocenters. The summed E-state index contributed by atoms with van der Waals surface area (Å²) in [7, 11) is 0. The van der Waals surface area contributed by atoms with Crippen molar-refractivity contribution < 1.29 is 24.6 Å². The van der Waals surface area contributed by atoms with Crippen molar-refractivity contribution in [3.8, 4) is 0 Å². The van der Waals surface area contributed by atoms with Crippen LogP contribution in [0.2, 0.25) is 0 Å². The molecule has 0 aliphatic heterocycles. The summed E-state index contributed by atoms with van der Waals surface area (Å²) in [5, 5.41) is 19.8. The summed E-state index contributed by atoms with van der Waals surface area (Å²) < 4.78 is 0. The van der Waals surface area contributed by atoms with E-state index in [0.717, 1.165) is 32.1 Å². The molecule has 0 amide bonds. The van der Waals surface area contributed by atoms with Crippen LogP contribution in [0.3, 0.4) is 0 Å². The number of aliphatic carboxylic acids is 2. The van der Waals surface area contributed by atoms with Crippen LogP contribution < -0.4 is 5.32 Å². The number of ketones is 1. The van der Waals surface area contributed by atoms with E-state index in [1.807, 2.05) is 0 Å². The molecule has 162 valence electrons. The van der Waals surface area contributed by atoms with Gasteiger partial charge in [-0.15, -0.1) is 0 Å². The molecule has 0 aromatic carbocycles. The molecule has 0 radical (unpaired) electrons. The highest BCUT2D eigenvalue weighted by molar-refractivity contribution is 6.02. The van der Waals surface area contributed by atoms with Crippen molar-refractivity contribution in [3.63, 3.8) is 0 Å². The Labute approximate surface area is 169 Å². The van der Waals surface area contributed by atoms with Gasteiger partial charge in [-0.25, -0.2) is 0 Å². The molecule has 0 heterocycles. The van der Waals surface area contributed by atoms with E-state index in [1.54, 1.807) is 0 Å². The fourth-order valence-corrected chi connectivity index (χ4v) is 3.04. The fourth-order valence-electron chi connectivity index (χ4n) is 3.04. The quantitative estimate of drug-likeness (QED) is 0.156. The first-order valence-corrected chi connectivity index (χ1v) is 10.8. The molecule has 6 heteroatoms. The van der Waals surface area contributed by atoms with Gasteiger partial charge < -0.3 is 10.2 Å². The molecule has 0 aromatic heterocycles. The monoisotopic (exact) mass is 397 g/mol. The van der Waals surface area contributed by atoms with Crippen LogP contribution in [0.15, 0.2) is 12.2 Å². The third-order valence-electron chi connectivity index (χ3n) is 4.71. The van der Waals surface area contributed by atoms with Gasteiger partial charge >= 0.3 is 11.9 Å². The second-order valence-corrected chi connectivity index (χ2v) is 7.35. The number of allylic oxidation sites excluding steroid dienone is 2. The molecule has 0 saturated heterocycles. The predicted molar refractivity (Wildman–Crippen MR) is 112 cm³/mol. The first-order chi connectivity index (χ1) is 13.5. The van der Waals surface area contributed by atoms with E-state index in [-0.39, 0.29) is 6.42 Å². The highest BCUT2D eigenvalue weighted by Crippen LogP contribution is 2.10. The minimum absolute atomic E-state index is 0.168. The fraction of sp³-hybridized carbons (Fsp3) is 0.773. The first kappa shape index (κ1) is 26.3. The van der Waals surface area contributed by atoms with Crippen molar-refractivity contribution >= 4 is 17.7 Å². The summed E-state index contributed by atoms with van der Waals surface area (Å²) in [5.41, 5.74) is 0. The molecule has 0 spiro atoms. The van der Waals surface area contributed by atoms with Crippen LogP contribution in [0.4, 0.5) is 0 Å². The standard InChI is InChI=1S/C22H39NO5/c1-2-3-4-5-6-7-8-9-10-11-12-13-14-15-16-17-19(24)21(22(27)28)23-18-20(25)26/h9-10,21,23H,2-8,11-18H2,1H3,(H,25,26)(H,27,28)/b10-9-. The van der Waals surface area contributed by atoms with Crippen molar-refractivity contribution in [2.24, 2.45) is 0 Å². The third kappa shape index (κ3) is 16.5. The van der Waals surface area contributed by atoms with Gasteiger partial charge in [0, 0.05) is 6.42 Å². The molecule has 0 rings (SSSR count). The minimum Gasteiger partial charge on any atom is -0.480 e. The molecular weight excluding hydrogens is 358 g/mol. The zero-order chi connectivity index (χ0) is 21.0. The second kappa shape index (κ2) is 18.7. The van der Waals surface area contributed by atoms with Gasteiger partial charge in [-0.2, -0.15) is 0 Å². The van der Waals surface area contributed by atoms with Gasteiger partial charge in [0.25, 0.3) is 0 Å². The maximum Gasteiger partial charge on any atom is 0.328 e. The largest absolute Gasteiger partial charge is 0.480 e. The van der Waals surface area contributed by atoms with Crippen molar-refractivity contribution in [2.75, 3.05) is 6.54 Å². The Bertz CT molecular complexity index is 462. The zero-order valence-corrected chi connectivity index (χ0v) is 17.5. The summed E-state index contributed by atoms with van der Waals surface area (Å²) in [6.07, 6.45) is 19.8. The van der Waals surface area contributed by atoms with Gasteiger partial charge in [0.15, 0.2) is 11.8 Å². The van der Waals surface area contributed by atoms with Crippen molar-refractivity contribution in [1.29, 1.82) is 0 Å². The van der Waals surface area contributed by atoms with Crippen LogP contribution in [0, 0.1) is 0 Å². The number of nitrogens with one attached hydrogen (secondary N) is 1. The van der Waals surface area contributed by atoms with Gasteiger partial charge in [-0.3, -0.25) is 19.7 Å². The first-order valence-electron chi connectivity index (χ1n) is 10.8. The normalized spacial score (nSPS) is 12.3. The number of carboxylic acids is 2. The lowest BCUT2D eigenvalue weighted by Gasteiger charge is -2.11. The molecule has 3 N–H and O–H groups in total. The molecule has 0 bridgehead atoms. The summed E-state index contributed by atoms with van der Waals surface area (Å²) in [4.78, 5) is 33.4. The Morgan fingerprint density at radius 3 is 1.79 bits per heavy atom. The maximum absolute atomic E-state index is 11.9. The van der Waals surface area contributed by atoms with Crippen LogP contribution in [0.5, 0.6) is 0 Å². The average molecular weight is 398 g/mol. The number of hydrogen-bond acceptors (Lipinski definition) is 4. The molecule has 0 aliphatic rings. The summed E-state index contributed by atoms with van der Waals surface area (Å²) in [6.45, 7) is 1.70. The SMILES string of the molecule is CCCCCCCC/C=C\CCCCCCCC(=O)C(NCC(=O)O)C(=O)O. The highest BCUT2D eigenvalue weighted by atomic mass is 16.4. The predicted octanol–water partition coefficient (Wildman–Crippen LogP) is 4.72. The molecule has 1 unspecified atom stereocenters. The van der Waals surface area contributed by atoms with Crippen LogP contribution >= 0.6 is 0 Å². The van der Waals surface area contributed by atoms with E-state index in [1.165, 1.54) is 44.9 Å². The van der Waals surface area contributed by atoms with E-state index >= 15 is 0 Å². The third-order valence-corrected chi connectivity index (χ3v) is 4.71. The lowest BCUT2D eigenvalue weighted by atomic mass is 10.0. The molecule has 0 aromatic rings. The topological polar surface area (TPSA) is 104 Å². The Balaban J connectivity index is 3.57. The summed E-state index contributed by atoms with van der Waals surface area (Å²) in [6, 6.07) is -1.42. The number of carboxylic acid groups (broad SMARTS) is 2. The minimum atomic E-state index is -1.42. The van der Waals surface area contributed by atoms with Gasteiger partial charge in [0.2, 0.25) is 0 Å². The van der Waals surface area contributed by atoms with Crippen LogP contribution in [-0.2, 0) is 14.4 Å². The lowest BCUT2D eigenvalue weighted by molar-refractivity contribution is -0.143. The number of carbonyl (C=O) groups is 3. The van der Waals surface area contributed by atoms with E-state index in [0.29, 0.717) is 6.42 Å². The Morgan fingerprint density at radius 2 is 1.29 bits per heavy atom. The van der Waals surface area contributed by atoms with Crippen LogP contribution in [-0.4, -0.2) is 40.5 Å². The Kier molecular flexibility index (Phi) is 17.5. The zero-order valence-electron chi connectivity index (χ0n) is 17.5. The van der Waals surface area contributed by atoms with Crippen molar-refractivity contribution in [3.05, 3.63) is 12.2 Å². The van der Waals surface area contributed by atoms with E-state index in [9.17, 15) is 14.4 Å². The number of rotatable bonds is 20. The second-order valence-electron chi connectivity index (χ2n) is 7.35. The van der Waals surface area contributed by atoms with Crippen molar-refractivity contribution in [1.82, 2.24) is 5.32 Å².